The van der Waals surface area contributed by atoms with Gasteiger partial charge >= 0.3 is 0 Å². The number of nitrogens with two attached hydrogens (primary N) is 1. The third-order valence-electron chi connectivity index (χ3n) is 9.97. The van der Waals surface area contributed by atoms with E-state index < -0.39 is 24.3 Å². The van der Waals surface area contributed by atoms with Crippen molar-refractivity contribution in [3.63, 3.8) is 0 Å². The number of fused-ring (bicyclic) bond motifs is 2. The van der Waals surface area contributed by atoms with E-state index in [2.05, 4.69) is 31.2 Å². The molecule has 1 aromatic carbocycles. The van der Waals surface area contributed by atoms with Gasteiger partial charge in [-0.1, -0.05) is 26.3 Å². The van der Waals surface area contributed by atoms with Crippen molar-refractivity contribution in [1.29, 1.82) is 0 Å². The summed E-state index contributed by atoms with van der Waals surface area (Å²) in [5.74, 6) is -2.76. The molecule has 60 heavy (non-hydrogen) atoms. The molecule has 0 spiro atoms. The van der Waals surface area contributed by atoms with Gasteiger partial charge in [-0.05, 0) is 55.5 Å². The number of amides is 8. The van der Waals surface area contributed by atoms with E-state index >= 15 is 0 Å². The molecule has 318 valence electrons. The fourth-order valence-electron chi connectivity index (χ4n) is 6.88. The lowest BCUT2D eigenvalue weighted by atomic mass is 10.0. The highest BCUT2D eigenvalue weighted by atomic mass is 16.2. The zero-order valence-electron chi connectivity index (χ0n) is 34.0. The molecule has 8 amide bonds. The van der Waals surface area contributed by atoms with Crippen molar-refractivity contribution in [3.8, 4) is 0 Å². The maximum absolute atomic E-state index is 13.4. The highest BCUT2D eigenvalue weighted by Gasteiger charge is 2.25. The fourth-order valence-corrected chi connectivity index (χ4v) is 6.88. The topological polar surface area (TPSA) is 246 Å². The summed E-state index contributed by atoms with van der Waals surface area (Å²) in [7, 11) is 0. The monoisotopic (exact) mass is 824 g/mol. The Bertz CT molecular complexity index is 2090. The molecule has 0 atom stereocenters. The second-order valence-corrected chi connectivity index (χ2v) is 14.7. The molecule has 0 bridgehead atoms. The summed E-state index contributed by atoms with van der Waals surface area (Å²) >= 11 is 0. The Labute approximate surface area is 348 Å². The van der Waals surface area contributed by atoms with Crippen molar-refractivity contribution in [1.82, 2.24) is 35.6 Å². The molecule has 3 aliphatic heterocycles. The number of carbonyl (C=O) groups is 8. The first-order valence-electron chi connectivity index (χ1n) is 20.2. The number of rotatable bonds is 19. The first-order chi connectivity index (χ1) is 28.8. The van der Waals surface area contributed by atoms with E-state index in [1.165, 1.54) is 12.2 Å². The standard InChI is InChI=1S/C42H52N10O8/c1-3-14-50(15-4-2)42(60)29-18-27-9-10-28(20-33(27)49-34(43)21-29)41(59)48-31-19-30-26-51(17-13-32(30)44-22-31)40(58)25-47-37(55)24-46-36(54)23-45-35(53)8-6-5-7-16-52-38(56)11-12-39(52)57/h9-12,18-20,22H,3-8,13-17,21,23-26H2,1-2H3,(H2,43,49)(H,45,53)(H,46,54)(H,47,55)(H,48,59). The minimum absolute atomic E-state index is 0.0764. The number of pyridine rings is 1. The number of aromatic nitrogens is 1. The van der Waals surface area contributed by atoms with E-state index in [0.717, 1.165) is 29.0 Å². The molecule has 18 nitrogen and oxygen atoms in total. The molecule has 0 saturated heterocycles. The van der Waals surface area contributed by atoms with Gasteiger partial charge in [-0.15, -0.1) is 0 Å². The van der Waals surface area contributed by atoms with Crippen LogP contribution in [0.4, 0.5) is 11.4 Å². The number of unbranched alkanes of at least 4 members (excludes halogenated alkanes) is 2. The first-order valence-corrected chi connectivity index (χ1v) is 20.2. The molecule has 5 rings (SSSR count). The SMILES string of the molecule is CCCN(CCC)C(=O)C1=Cc2ccc(C(=O)Nc3cnc4c(c3)CN(C(=O)CNC(=O)CNC(=O)CNC(=O)CCCCCN3C(=O)C=CC3=O)CC4)cc2N=C(N)C1. The first kappa shape index (κ1) is 44.4. The average molecular weight is 825 g/mol. The predicted molar refractivity (Wildman–Crippen MR) is 222 cm³/mol. The number of nitrogens with zero attached hydrogens (tertiary/aromatic N) is 5. The predicted octanol–water partition coefficient (Wildman–Crippen LogP) is 1.48. The summed E-state index contributed by atoms with van der Waals surface area (Å²) in [5.41, 5.74) is 10.2. The van der Waals surface area contributed by atoms with Crippen LogP contribution in [0.25, 0.3) is 6.08 Å². The van der Waals surface area contributed by atoms with E-state index in [-0.39, 0.29) is 74.4 Å². The Hall–Kier alpha value is -6.72. The third kappa shape index (κ3) is 12.4. The maximum atomic E-state index is 13.4. The number of anilines is 1. The van der Waals surface area contributed by atoms with Crippen LogP contribution < -0.4 is 27.0 Å². The molecular formula is C42H52N10O8. The van der Waals surface area contributed by atoms with Gasteiger partial charge in [0.1, 0.15) is 5.84 Å². The minimum atomic E-state index is -0.584. The van der Waals surface area contributed by atoms with Crippen molar-refractivity contribution in [3.05, 3.63) is 70.6 Å². The summed E-state index contributed by atoms with van der Waals surface area (Å²) in [4.78, 5) is 113. The lowest BCUT2D eigenvalue weighted by Gasteiger charge is -2.28. The smallest absolute Gasteiger partial charge is 0.255 e. The van der Waals surface area contributed by atoms with E-state index in [0.29, 0.717) is 73.4 Å². The molecule has 4 heterocycles. The van der Waals surface area contributed by atoms with Gasteiger partial charge in [-0.25, -0.2) is 4.99 Å². The quantitative estimate of drug-likeness (QED) is 0.101. The van der Waals surface area contributed by atoms with Crippen molar-refractivity contribution < 1.29 is 38.4 Å². The molecule has 18 heteroatoms. The highest BCUT2D eigenvalue weighted by molar-refractivity contribution is 6.13. The number of nitrogens with one attached hydrogen (secondary N) is 4. The van der Waals surface area contributed by atoms with Crippen molar-refractivity contribution in [2.75, 3.05) is 51.1 Å². The molecular weight excluding hydrogens is 773 g/mol. The average Bonchev–Trinajstić information content (AvgIpc) is 3.44. The lowest BCUT2D eigenvalue weighted by Crippen LogP contribution is -2.46. The number of hydrogen-bond acceptors (Lipinski definition) is 11. The number of carbonyl (C=O) groups excluding carboxylic acids is 8. The Morgan fingerprint density at radius 2 is 1.53 bits per heavy atom. The summed E-state index contributed by atoms with van der Waals surface area (Å²) in [6, 6.07) is 6.77. The second kappa shape index (κ2) is 21.3. The van der Waals surface area contributed by atoms with Crippen LogP contribution in [0.5, 0.6) is 0 Å². The Morgan fingerprint density at radius 3 is 2.23 bits per heavy atom. The second-order valence-electron chi connectivity index (χ2n) is 14.7. The largest absolute Gasteiger partial charge is 0.387 e. The van der Waals surface area contributed by atoms with Crippen LogP contribution in [0.2, 0.25) is 0 Å². The molecule has 1 aromatic heterocycles. The van der Waals surface area contributed by atoms with E-state index in [1.54, 1.807) is 41.4 Å². The van der Waals surface area contributed by atoms with Crippen LogP contribution in [0.3, 0.4) is 0 Å². The van der Waals surface area contributed by atoms with Crippen LogP contribution in [0, 0.1) is 0 Å². The summed E-state index contributed by atoms with van der Waals surface area (Å²) < 4.78 is 0. The van der Waals surface area contributed by atoms with Gasteiger partial charge in [0.25, 0.3) is 17.7 Å². The van der Waals surface area contributed by atoms with E-state index in [9.17, 15) is 38.4 Å². The lowest BCUT2D eigenvalue weighted by molar-refractivity contribution is -0.137. The van der Waals surface area contributed by atoms with Gasteiger partial charge in [0.15, 0.2) is 0 Å². The summed E-state index contributed by atoms with van der Waals surface area (Å²) in [5, 5.41) is 10.2. The molecule has 6 N–H and O–H groups in total. The molecule has 0 radical (unpaired) electrons. The fraction of sp³-hybridized carbons (Fsp3) is 0.429. The number of hydrogen-bond donors (Lipinski definition) is 5. The van der Waals surface area contributed by atoms with Crippen LogP contribution in [-0.2, 0) is 46.5 Å². The number of aliphatic imine (C=N–C) groups is 1. The Morgan fingerprint density at radius 1 is 0.850 bits per heavy atom. The van der Waals surface area contributed by atoms with Crippen molar-refractivity contribution in [2.45, 2.75) is 71.8 Å². The van der Waals surface area contributed by atoms with E-state index in [4.69, 9.17) is 5.73 Å². The van der Waals surface area contributed by atoms with Crippen molar-refractivity contribution in [2.24, 2.45) is 10.7 Å². The van der Waals surface area contributed by atoms with Crippen LogP contribution in [0.1, 0.15) is 86.0 Å². The van der Waals surface area contributed by atoms with Crippen LogP contribution >= 0.6 is 0 Å². The molecule has 2 aromatic rings. The maximum Gasteiger partial charge on any atom is 0.255 e. The zero-order chi connectivity index (χ0) is 43.2. The van der Waals surface area contributed by atoms with Gasteiger partial charge in [-0.2, -0.15) is 0 Å². The molecule has 0 unspecified atom stereocenters. The van der Waals surface area contributed by atoms with Gasteiger partial charge in [0.05, 0.1) is 37.2 Å². The minimum Gasteiger partial charge on any atom is -0.387 e. The molecule has 3 aliphatic rings. The summed E-state index contributed by atoms with van der Waals surface area (Å²) in [6.07, 6.45) is 9.98. The molecule has 0 fully saturated rings. The Kier molecular flexibility index (Phi) is 15.8. The summed E-state index contributed by atoms with van der Waals surface area (Å²) in [6.45, 7) is 5.20. The third-order valence-corrected chi connectivity index (χ3v) is 9.97. The number of imide groups is 1. The number of benzene rings is 1. The zero-order valence-corrected chi connectivity index (χ0v) is 34.0. The molecule has 0 aliphatic carbocycles. The van der Waals surface area contributed by atoms with Crippen LogP contribution in [0.15, 0.2) is 53.2 Å². The van der Waals surface area contributed by atoms with Gasteiger partial charge < -0.3 is 36.8 Å². The Balaban J connectivity index is 1.03. The van der Waals surface area contributed by atoms with Crippen LogP contribution in [-0.4, -0.2) is 119 Å². The van der Waals surface area contributed by atoms with Gasteiger partial charge in [0.2, 0.25) is 29.5 Å². The van der Waals surface area contributed by atoms with Gasteiger partial charge in [0, 0.05) is 86.5 Å². The van der Waals surface area contributed by atoms with Gasteiger partial charge in [-0.3, -0.25) is 48.2 Å². The normalized spacial score (nSPS) is 14.3. The number of amidine groups is 1. The highest BCUT2D eigenvalue weighted by Crippen LogP contribution is 2.29. The van der Waals surface area contributed by atoms with E-state index in [1.807, 2.05) is 18.7 Å². The van der Waals surface area contributed by atoms with Crippen molar-refractivity contribution >= 4 is 70.5 Å². The molecule has 0 saturated carbocycles.